The van der Waals surface area contributed by atoms with Gasteiger partial charge in [0, 0.05) is 25.7 Å². The fourth-order valence-electron chi connectivity index (χ4n) is 2.50. The van der Waals surface area contributed by atoms with Gasteiger partial charge in [0.05, 0.1) is 0 Å². The summed E-state index contributed by atoms with van der Waals surface area (Å²) in [5.74, 6) is 1.78. The van der Waals surface area contributed by atoms with E-state index in [9.17, 15) is 0 Å². The Morgan fingerprint density at radius 1 is 1.33 bits per heavy atom. The Labute approximate surface area is 107 Å². The van der Waals surface area contributed by atoms with E-state index < -0.39 is 0 Å². The van der Waals surface area contributed by atoms with Crippen molar-refractivity contribution in [1.29, 1.82) is 0 Å². The number of nitrogens with two attached hydrogens (primary N) is 1. The number of rotatable bonds is 3. The minimum absolute atomic E-state index is 0.200. The highest BCUT2D eigenvalue weighted by molar-refractivity contribution is 5.46. The smallest absolute Gasteiger partial charge is 0.225 e. The largest absolute Gasteiger partial charge is 0.473 e. The normalized spacial score (nSPS) is 23.6. The van der Waals surface area contributed by atoms with Crippen molar-refractivity contribution < 1.29 is 4.74 Å². The Balaban J connectivity index is 1.76. The molecule has 2 aliphatic rings. The van der Waals surface area contributed by atoms with Crippen LogP contribution in [-0.2, 0) is 0 Å². The molecule has 0 aromatic carbocycles. The first-order valence-electron chi connectivity index (χ1n) is 6.58. The van der Waals surface area contributed by atoms with Crippen molar-refractivity contribution in [3.8, 4) is 5.88 Å². The lowest BCUT2D eigenvalue weighted by atomic mass is 10.3. The van der Waals surface area contributed by atoms with Crippen molar-refractivity contribution in [1.82, 2.24) is 15.3 Å². The van der Waals surface area contributed by atoms with Gasteiger partial charge in [0.1, 0.15) is 11.9 Å². The average Bonchev–Trinajstić information content (AvgIpc) is 3.00. The highest BCUT2D eigenvalue weighted by Crippen LogP contribution is 2.23. The van der Waals surface area contributed by atoms with E-state index >= 15 is 0 Å². The molecule has 0 spiro atoms. The molecule has 1 aromatic rings. The van der Waals surface area contributed by atoms with Crippen LogP contribution >= 0.6 is 0 Å². The van der Waals surface area contributed by atoms with Crippen LogP contribution in [0, 0.1) is 0 Å². The lowest BCUT2D eigenvalue weighted by Crippen LogP contribution is -2.22. The number of anilines is 2. The molecule has 1 aromatic heterocycles. The number of aromatic nitrogens is 2. The predicted octanol–water partition coefficient (Wildman–Crippen LogP) is 0.400. The van der Waals surface area contributed by atoms with Crippen LogP contribution in [0.1, 0.15) is 19.3 Å². The van der Waals surface area contributed by atoms with Crippen molar-refractivity contribution in [3.05, 3.63) is 6.07 Å². The van der Waals surface area contributed by atoms with Gasteiger partial charge in [-0.3, -0.25) is 0 Å². The molecular weight excluding hydrogens is 230 g/mol. The lowest BCUT2D eigenvalue weighted by Gasteiger charge is -2.18. The Bertz CT molecular complexity index is 413. The molecular formula is C12H19N5O. The summed E-state index contributed by atoms with van der Waals surface area (Å²) in [6, 6.07) is 1.90. The third-order valence-corrected chi connectivity index (χ3v) is 3.44. The molecule has 6 heteroatoms. The summed E-state index contributed by atoms with van der Waals surface area (Å²) in [6.07, 6.45) is 3.65. The van der Waals surface area contributed by atoms with E-state index in [4.69, 9.17) is 10.5 Å². The van der Waals surface area contributed by atoms with E-state index in [2.05, 4.69) is 20.2 Å². The molecule has 98 valence electrons. The second kappa shape index (κ2) is 4.97. The van der Waals surface area contributed by atoms with Crippen LogP contribution < -0.4 is 20.7 Å². The molecule has 2 aliphatic heterocycles. The van der Waals surface area contributed by atoms with E-state index in [1.165, 1.54) is 12.8 Å². The second-order valence-electron chi connectivity index (χ2n) is 4.85. The number of ether oxygens (including phenoxy) is 1. The molecule has 0 bridgehead atoms. The molecule has 3 heterocycles. The van der Waals surface area contributed by atoms with Crippen LogP contribution in [0.2, 0.25) is 0 Å². The average molecular weight is 249 g/mol. The quantitative estimate of drug-likeness (QED) is 0.807. The fourth-order valence-corrected chi connectivity index (χ4v) is 2.50. The zero-order valence-corrected chi connectivity index (χ0v) is 10.4. The monoisotopic (exact) mass is 249 g/mol. The Morgan fingerprint density at radius 3 is 2.89 bits per heavy atom. The van der Waals surface area contributed by atoms with Crippen LogP contribution in [-0.4, -0.2) is 42.3 Å². The molecule has 3 rings (SSSR count). The fraction of sp³-hybridized carbons (Fsp3) is 0.667. The van der Waals surface area contributed by atoms with Gasteiger partial charge in [0.15, 0.2) is 0 Å². The molecule has 1 atom stereocenters. The number of nitrogens with zero attached hydrogens (tertiary/aromatic N) is 3. The van der Waals surface area contributed by atoms with Gasteiger partial charge >= 0.3 is 0 Å². The molecule has 0 aliphatic carbocycles. The molecule has 0 saturated carbocycles. The van der Waals surface area contributed by atoms with Crippen molar-refractivity contribution in [2.24, 2.45) is 0 Å². The van der Waals surface area contributed by atoms with Crippen molar-refractivity contribution in [2.75, 3.05) is 36.8 Å². The van der Waals surface area contributed by atoms with E-state index in [0.29, 0.717) is 11.8 Å². The van der Waals surface area contributed by atoms with Gasteiger partial charge in [-0.15, -0.1) is 0 Å². The summed E-state index contributed by atoms with van der Waals surface area (Å²) in [4.78, 5) is 10.7. The topological polar surface area (TPSA) is 76.3 Å². The first-order valence-corrected chi connectivity index (χ1v) is 6.58. The highest BCUT2D eigenvalue weighted by atomic mass is 16.5. The van der Waals surface area contributed by atoms with Crippen LogP contribution in [0.15, 0.2) is 6.07 Å². The van der Waals surface area contributed by atoms with Crippen molar-refractivity contribution in [2.45, 2.75) is 25.4 Å². The zero-order valence-electron chi connectivity index (χ0n) is 10.4. The van der Waals surface area contributed by atoms with Gasteiger partial charge in [-0.1, -0.05) is 0 Å². The molecule has 0 amide bonds. The first kappa shape index (κ1) is 11.5. The number of hydrogen-bond acceptors (Lipinski definition) is 6. The Morgan fingerprint density at radius 2 is 2.17 bits per heavy atom. The number of nitrogen functional groups attached to an aromatic ring is 1. The van der Waals surface area contributed by atoms with Crippen LogP contribution in [0.25, 0.3) is 0 Å². The lowest BCUT2D eigenvalue weighted by molar-refractivity contribution is 0.214. The van der Waals surface area contributed by atoms with E-state index in [1.807, 2.05) is 6.07 Å². The highest BCUT2D eigenvalue weighted by Gasteiger charge is 2.19. The summed E-state index contributed by atoms with van der Waals surface area (Å²) in [5.41, 5.74) is 5.76. The van der Waals surface area contributed by atoms with Crippen molar-refractivity contribution in [3.63, 3.8) is 0 Å². The second-order valence-corrected chi connectivity index (χ2v) is 4.85. The minimum Gasteiger partial charge on any atom is -0.473 e. The first-order chi connectivity index (χ1) is 8.81. The van der Waals surface area contributed by atoms with Gasteiger partial charge in [-0.2, -0.15) is 9.97 Å². The standard InChI is InChI=1S/C12H19N5O/c13-12-15-10(17-5-1-2-6-17)7-11(16-12)18-9-3-4-14-8-9/h7,9,14H,1-6,8H2,(H2,13,15,16). The van der Waals surface area contributed by atoms with Gasteiger partial charge in [-0.25, -0.2) is 0 Å². The van der Waals surface area contributed by atoms with Crippen molar-refractivity contribution >= 4 is 11.8 Å². The maximum absolute atomic E-state index is 5.84. The molecule has 2 fully saturated rings. The molecule has 2 saturated heterocycles. The summed E-state index contributed by atoms with van der Waals surface area (Å²) in [6.45, 7) is 3.97. The molecule has 3 N–H and O–H groups in total. The van der Waals surface area contributed by atoms with Crippen LogP contribution in [0.5, 0.6) is 5.88 Å². The predicted molar refractivity (Wildman–Crippen MR) is 69.8 cm³/mol. The third-order valence-electron chi connectivity index (χ3n) is 3.44. The SMILES string of the molecule is Nc1nc(OC2CCNC2)cc(N2CCCC2)n1. The number of hydrogen-bond donors (Lipinski definition) is 2. The van der Waals surface area contributed by atoms with Crippen LogP contribution in [0.4, 0.5) is 11.8 Å². The summed E-state index contributed by atoms with van der Waals surface area (Å²) in [5, 5.41) is 3.27. The summed E-state index contributed by atoms with van der Waals surface area (Å²) in [7, 11) is 0. The Hall–Kier alpha value is -1.56. The molecule has 6 nitrogen and oxygen atoms in total. The van der Waals surface area contributed by atoms with E-state index in [-0.39, 0.29) is 6.10 Å². The zero-order chi connectivity index (χ0) is 12.4. The summed E-state index contributed by atoms with van der Waals surface area (Å²) < 4.78 is 5.84. The number of nitrogens with one attached hydrogen (secondary N) is 1. The van der Waals surface area contributed by atoms with E-state index in [0.717, 1.165) is 38.4 Å². The van der Waals surface area contributed by atoms with Crippen LogP contribution in [0.3, 0.4) is 0 Å². The molecule has 1 unspecified atom stereocenters. The minimum atomic E-state index is 0.200. The van der Waals surface area contributed by atoms with Gasteiger partial charge in [-0.05, 0) is 25.8 Å². The summed E-state index contributed by atoms with van der Waals surface area (Å²) >= 11 is 0. The molecule has 0 radical (unpaired) electrons. The van der Waals surface area contributed by atoms with E-state index in [1.54, 1.807) is 0 Å². The maximum Gasteiger partial charge on any atom is 0.225 e. The van der Waals surface area contributed by atoms with Gasteiger partial charge < -0.3 is 20.7 Å². The Kier molecular flexibility index (Phi) is 3.19. The van der Waals surface area contributed by atoms with Gasteiger partial charge in [0.2, 0.25) is 11.8 Å². The maximum atomic E-state index is 5.84. The molecule has 18 heavy (non-hydrogen) atoms. The van der Waals surface area contributed by atoms with Gasteiger partial charge in [0.25, 0.3) is 0 Å². The third kappa shape index (κ3) is 2.48.